The smallest absolute Gasteiger partial charge is 0.124 e. The van der Waals surface area contributed by atoms with Gasteiger partial charge in [-0.15, -0.1) is 0 Å². The van der Waals surface area contributed by atoms with E-state index in [1.165, 1.54) is 12.1 Å². The van der Waals surface area contributed by atoms with Crippen LogP contribution in [0.3, 0.4) is 0 Å². The second-order valence-electron chi connectivity index (χ2n) is 4.03. The Morgan fingerprint density at radius 2 is 2.00 bits per heavy atom. The van der Waals surface area contributed by atoms with Gasteiger partial charge in [0.05, 0.1) is 10.6 Å². The summed E-state index contributed by atoms with van der Waals surface area (Å²) in [6.07, 6.45) is 0. The molecule has 1 atom stereocenters. The number of nitrogens with one attached hydrogen (secondary N) is 1. The second-order valence-corrected chi connectivity index (χ2v) is 5.41. The topological polar surface area (TPSA) is 72.5 Å². The maximum Gasteiger partial charge on any atom is 0.124 e. The number of hydrazine groups is 1. The molecule has 88 valence electrons. The lowest BCUT2D eigenvalue weighted by molar-refractivity contribution is 0.463. The van der Waals surface area contributed by atoms with E-state index in [0.717, 1.165) is 18.8 Å². The molecule has 0 unspecified atom stereocenters. The predicted molar refractivity (Wildman–Crippen MR) is 58.9 cm³/mol. The average Bonchev–Trinajstić information content (AvgIpc) is 2.64. The van der Waals surface area contributed by atoms with E-state index < -0.39 is 10.1 Å². The fraction of sp³-hybridized carbons (Fsp3) is 0.400. The first kappa shape index (κ1) is 11.4. The summed E-state index contributed by atoms with van der Waals surface area (Å²) in [7, 11) is -4.34. The summed E-state index contributed by atoms with van der Waals surface area (Å²) in [6.45, 7) is 3.91. The van der Waals surface area contributed by atoms with Crippen LogP contribution in [-0.4, -0.2) is 26.1 Å². The zero-order valence-corrected chi connectivity index (χ0v) is 9.70. The fourth-order valence-corrected chi connectivity index (χ4v) is 2.17. The van der Waals surface area contributed by atoms with Crippen molar-refractivity contribution >= 4 is 15.8 Å². The largest absolute Gasteiger partial charge is 0.744 e. The van der Waals surface area contributed by atoms with Crippen molar-refractivity contribution in [3.8, 4) is 0 Å². The number of nitrogens with zero attached hydrogens (tertiary/aromatic N) is 1. The number of benzene rings is 1. The van der Waals surface area contributed by atoms with Gasteiger partial charge in [0.25, 0.3) is 0 Å². The highest BCUT2D eigenvalue weighted by Gasteiger charge is 2.18. The highest BCUT2D eigenvalue weighted by atomic mass is 32.2. The van der Waals surface area contributed by atoms with Gasteiger partial charge in [0, 0.05) is 13.1 Å². The first-order chi connectivity index (χ1) is 7.47. The van der Waals surface area contributed by atoms with Crippen molar-refractivity contribution in [2.24, 2.45) is 5.92 Å². The Morgan fingerprint density at radius 1 is 1.38 bits per heavy atom. The Hall–Kier alpha value is -1.11. The first-order valence-corrected chi connectivity index (χ1v) is 6.44. The molecule has 0 radical (unpaired) electrons. The molecule has 1 aliphatic rings. The van der Waals surface area contributed by atoms with Gasteiger partial charge in [-0.2, -0.15) is 0 Å². The molecule has 16 heavy (non-hydrogen) atoms. The third-order valence-electron chi connectivity index (χ3n) is 2.56. The molecule has 0 spiro atoms. The monoisotopic (exact) mass is 241 g/mol. The lowest BCUT2D eigenvalue weighted by atomic mass is 10.2. The van der Waals surface area contributed by atoms with Crippen molar-refractivity contribution < 1.29 is 13.0 Å². The Bertz CT molecular complexity index is 469. The van der Waals surface area contributed by atoms with Gasteiger partial charge in [0.1, 0.15) is 10.1 Å². The van der Waals surface area contributed by atoms with Gasteiger partial charge in [-0.05, 0) is 30.2 Å². The van der Waals surface area contributed by atoms with E-state index in [2.05, 4.69) is 12.3 Å². The Balaban J connectivity index is 2.20. The summed E-state index contributed by atoms with van der Waals surface area (Å²) in [4.78, 5) is -0.191. The SMILES string of the molecule is C[C@@H]1CNN(c2ccc(S(=O)(=O)[O-])cc2)C1. The minimum atomic E-state index is -4.34. The highest BCUT2D eigenvalue weighted by molar-refractivity contribution is 7.85. The standard InChI is InChI=1S/C10H14N2O3S/c1-8-6-11-12(7-8)9-2-4-10(5-3-9)16(13,14)15/h2-5,8,11H,6-7H2,1H3,(H,13,14,15)/p-1/t8-/m1/s1. The summed E-state index contributed by atoms with van der Waals surface area (Å²) in [5.74, 6) is 0.558. The highest BCUT2D eigenvalue weighted by Crippen LogP contribution is 2.19. The van der Waals surface area contributed by atoms with Crippen molar-refractivity contribution in [3.63, 3.8) is 0 Å². The lowest BCUT2D eigenvalue weighted by Crippen LogP contribution is -2.30. The minimum absolute atomic E-state index is 0.191. The Labute approximate surface area is 94.8 Å². The molecule has 1 aliphatic heterocycles. The fourth-order valence-electron chi connectivity index (χ4n) is 1.70. The molecule has 0 aliphatic carbocycles. The predicted octanol–water partition coefficient (Wildman–Crippen LogP) is 0.551. The third kappa shape index (κ3) is 2.34. The molecule has 1 fully saturated rings. The summed E-state index contributed by atoms with van der Waals surface area (Å²) in [6, 6.07) is 5.94. The van der Waals surface area contributed by atoms with Crippen LogP contribution in [0.4, 0.5) is 5.69 Å². The number of hydrogen-bond donors (Lipinski definition) is 1. The quantitative estimate of drug-likeness (QED) is 0.766. The van der Waals surface area contributed by atoms with Crippen molar-refractivity contribution in [2.75, 3.05) is 18.1 Å². The van der Waals surface area contributed by atoms with Crippen LogP contribution in [0, 0.1) is 5.92 Å². The Morgan fingerprint density at radius 3 is 2.44 bits per heavy atom. The number of anilines is 1. The molecule has 0 amide bonds. The van der Waals surface area contributed by atoms with E-state index in [1.807, 2.05) is 5.01 Å². The maximum absolute atomic E-state index is 10.7. The van der Waals surface area contributed by atoms with Crippen LogP contribution in [0.1, 0.15) is 6.92 Å². The number of rotatable bonds is 2. The molecule has 1 N–H and O–H groups in total. The summed E-state index contributed by atoms with van der Waals surface area (Å²) < 4.78 is 32.2. The molecule has 0 bridgehead atoms. The van der Waals surface area contributed by atoms with Crippen LogP contribution in [0.2, 0.25) is 0 Å². The van der Waals surface area contributed by atoms with Crippen molar-refractivity contribution in [3.05, 3.63) is 24.3 Å². The van der Waals surface area contributed by atoms with Gasteiger partial charge in [-0.1, -0.05) is 6.92 Å². The normalized spacial score (nSPS) is 21.4. The van der Waals surface area contributed by atoms with Crippen LogP contribution >= 0.6 is 0 Å². The van der Waals surface area contributed by atoms with Gasteiger partial charge in [0.2, 0.25) is 0 Å². The van der Waals surface area contributed by atoms with Crippen molar-refractivity contribution in [2.45, 2.75) is 11.8 Å². The number of hydrogen-bond acceptors (Lipinski definition) is 5. The summed E-state index contributed by atoms with van der Waals surface area (Å²) in [5.41, 5.74) is 4.06. The van der Waals surface area contributed by atoms with Crippen LogP contribution in [0.25, 0.3) is 0 Å². The van der Waals surface area contributed by atoms with Gasteiger partial charge in [-0.25, -0.2) is 13.8 Å². The van der Waals surface area contributed by atoms with E-state index in [0.29, 0.717) is 5.92 Å². The molecule has 2 rings (SSSR count). The van der Waals surface area contributed by atoms with Crippen LogP contribution in [0.5, 0.6) is 0 Å². The van der Waals surface area contributed by atoms with Crippen LogP contribution < -0.4 is 10.4 Å². The van der Waals surface area contributed by atoms with Gasteiger partial charge >= 0.3 is 0 Å². The minimum Gasteiger partial charge on any atom is -0.744 e. The molecule has 6 heteroatoms. The van der Waals surface area contributed by atoms with Crippen molar-refractivity contribution in [1.82, 2.24) is 5.43 Å². The van der Waals surface area contributed by atoms with E-state index >= 15 is 0 Å². The van der Waals surface area contributed by atoms with Crippen molar-refractivity contribution in [1.29, 1.82) is 0 Å². The third-order valence-corrected chi connectivity index (χ3v) is 3.41. The second kappa shape index (κ2) is 4.04. The van der Waals surface area contributed by atoms with Gasteiger partial charge in [-0.3, -0.25) is 0 Å². The van der Waals surface area contributed by atoms with E-state index in [4.69, 9.17) is 0 Å². The lowest BCUT2D eigenvalue weighted by Gasteiger charge is -2.18. The zero-order valence-electron chi connectivity index (χ0n) is 8.88. The molecular formula is C10H13N2O3S-. The van der Waals surface area contributed by atoms with E-state index in [9.17, 15) is 13.0 Å². The summed E-state index contributed by atoms with van der Waals surface area (Å²) >= 11 is 0. The van der Waals surface area contributed by atoms with Crippen LogP contribution in [0.15, 0.2) is 29.2 Å². The Kier molecular flexibility index (Phi) is 2.88. The molecular weight excluding hydrogens is 228 g/mol. The molecule has 0 saturated carbocycles. The average molecular weight is 241 g/mol. The molecule has 1 heterocycles. The van der Waals surface area contributed by atoms with E-state index in [1.54, 1.807) is 12.1 Å². The summed E-state index contributed by atoms with van der Waals surface area (Å²) in [5, 5.41) is 1.95. The molecule has 1 aromatic rings. The maximum atomic E-state index is 10.7. The van der Waals surface area contributed by atoms with E-state index in [-0.39, 0.29) is 4.90 Å². The first-order valence-electron chi connectivity index (χ1n) is 5.04. The molecule has 0 aromatic heterocycles. The molecule has 5 nitrogen and oxygen atoms in total. The zero-order chi connectivity index (χ0) is 11.8. The molecule has 1 saturated heterocycles. The van der Waals surface area contributed by atoms with Gasteiger partial charge in [0.15, 0.2) is 0 Å². The van der Waals surface area contributed by atoms with Crippen LogP contribution in [-0.2, 0) is 10.1 Å². The van der Waals surface area contributed by atoms with Gasteiger partial charge < -0.3 is 9.56 Å². The molecule has 1 aromatic carbocycles.